The van der Waals surface area contributed by atoms with Crippen LogP contribution in [0.2, 0.25) is 0 Å². The number of carboxylic acid groups (broad SMARTS) is 1. The molecule has 0 saturated heterocycles. The van der Waals surface area contributed by atoms with E-state index in [0.717, 1.165) is 0 Å². The largest absolute Gasteiger partial charge is 0.481 e. The normalized spacial score (nSPS) is 15.6. The molecule has 0 spiro atoms. The van der Waals surface area contributed by atoms with Crippen molar-refractivity contribution in [1.29, 1.82) is 0 Å². The first kappa shape index (κ1) is 11.4. The quantitative estimate of drug-likeness (QED) is 0.416. The highest BCUT2D eigenvalue weighted by atomic mass is 16.4. The second-order valence-corrected chi connectivity index (χ2v) is 2.60. The molecule has 0 aromatic rings. The molecule has 0 radical (unpaired) electrons. The highest BCUT2D eigenvalue weighted by Gasteiger charge is 2.14. The first-order chi connectivity index (χ1) is 5.57. The van der Waals surface area contributed by atoms with Crippen molar-refractivity contribution >= 4 is 5.97 Å². The van der Waals surface area contributed by atoms with Gasteiger partial charge in [0.1, 0.15) is 6.10 Å². The van der Waals surface area contributed by atoms with E-state index in [0.29, 0.717) is 6.42 Å². The van der Waals surface area contributed by atoms with Crippen LogP contribution in [0.15, 0.2) is 0 Å². The first-order valence-electron chi connectivity index (χ1n) is 3.76. The molecule has 0 rings (SSSR count). The average Bonchev–Trinajstić information content (AvgIpc) is 2.02. The van der Waals surface area contributed by atoms with Gasteiger partial charge >= 0.3 is 5.97 Å². The summed E-state index contributed by atoms with van der Waals surface area (Å²) < 4.78 is 0. The molecule has 0 saturated carbocycles. The maximum atomic E-state index is 10.0. The SMILES string of the molecule is O=C(O)CCC[C@@H](O)[C@@H](O)CO. The molecule has 0 aromatic carbocycles. The number of aliphatic hydroxyl groups is 3. The van der Waals surface area contributed by atoms with Crippen LogP contribution in [0.25, 0.3) is 0 Å². The fourth-order valence-electron chi connectivity index (χ4n) is 0.776. The molecule has 0 heterocycles. The maximum Gasteiger partial charge on any atom is 0.303 e. The Morgan fingerprint density at radius 3 is 2.25 bits per heavy atom. The van der Waals surface area contributed by atoms with Gasteiger partial charge < -0.3 is 20.4 Å². The summed E-state index contributed by atoms with van der Waals surface area (Å²) in [7, 11) is 0. The maximum absolute atomic E-state index is 10.0. The van der Waals surface area contributed by atoms with Gasteiger partial charge in [-0.3, -0.25) is 4.79 Å². The van der Waals surface area contributed by atoms with Gasteiger partial charge in [0.25, 0.3) is 0 Å². The number of carboxylic acids is 1. The van der Waals surface area contributed by atoms with Crippen LogP contribution in [0.1, 0.15) is 19.3 Å². The molecule has 0 aliphatic rings. The molecule has 5 nitrogen and oxygen atoms in total. The fourth-order valence-corrected chi connectivity index (χ4v) is 0.776. The van der Waals surface area contributed by atoms with Gasteiger partial charge in [-0.05, 0) is 12.8 Å². The third kappa shape index (κ3) is 5.06. The van der Waals surface area contributed by atoms with E-state index in [-0.39, 0.29) is 12.8 Å². The third-order valence-electron chi connectivity index (χ3n) is 1.52. The zero-order chi connectivity index (χ0) is 9.56. The van der Waals surface area contributed by atoms with E-state index in [2.05, 4.69) is 0 Å². The van der Waals surface area contributed by atoms with Gasteiger partial charge in [-0.15, -0.1) is 0 Å². The molecule has 0 amide bonds. The minimum atomic E-state index is -1.17. The van der Waals surface area contributed by atoms with E-state index in [1.807, 2.05) is 0 Å². The monoisotopic (exact) mass is 178 g/mol. The van der Waals surface area contributed by atoms with Crippen molar-refractivity contribution in [2.45, 2.75) is 31.5 Å². The molecule has 12 heavy (non-hydrogen) atoms. The Hall–Kier alpha value is -0.650. The molecular formula is C7H14O5. The Balaban J connectivity index is 3.43. The summed E-state index contributed by atoms with van der Waals surface area (Å²) in [6.07, 6.45) is -1.75. The molecule has 0 unspecified atom stereocenters. The van der Waals surface area contributed by atoms with Crippen LogP contribution in [0, 0.1) is 0 Å². The zero-order valence-corrected chi connectivity index (χ0v) is 6.68. The zero-order valence-electron chi connectivity index (χ0n) is 6.68. The molecule has 0 aliphatic carbocycles. The topological polar surface area (TPSA) is 98.0 Å². The van der Waals surface area contributed by atoms with Gasteiger partial charge in [-0.2, -0.15) is 0 Å². The lowest BCUT2D eigenvalue weighted by atomic mass is 10.1. The predicted molar refractivity (Wildman–Crippen MR) is 40.6 cm³/mol. The van der Waals surface area contributed by atoms with Crippen molar-refractivity contribution in [3.05, 3.63) is 0 Å². The third-order valence-corrected chi connectivity index (χ3v) is 1.52. The van der Waals surface area contributed by atoms with Gasteiger partial charge in [0.15, 0.2) is 0 Å². The van der Waals surface area contributed by atoms with Crippen molar-refractivity contribution in [3.8, 4) is 0 Å². The second-order valence-electron chi connectivity index (χ2n) is 2.60. The molecule has 72 valence electrons. The molecular weight excluding hydrogens is 164 g/mol. The van der Waals surface area contributed by atoms with Gasteiger partial charge in [-0.1, -0.05) is 0 Å². The summed E-state index contributed by atoms with van der Waals surface area (Å²) in [5.41, 5.74) is 0. The lowest BCUT2D eigenvalue weighted by Gasteiger charge is -2.14. The smallest absolute Gasteiger partial charge is 0.303 e. The van der Waals surface area contributed by atoms with Crippen LogP contribution in [-0.2, 0) is 4.79 Å². The first-order valence-corrected chi connectivity index (χ1v) is 3.76. The summed E-state index contributed by atoms with van der Waals surface area (Å²) in [5.74, 6) is -0.930. The number of rotatable bonds is 6. The summed E-state index contributed by atoms with van der Waals surface area (Å²) in [6, 6.07) is 0. The molecule has 0 fully saturated rings. The minimum absolute atomic E-state index is 0.0325. The van der Waals surface area contributed by atoms with Gasteiger partial charge in [0.2, 0.25) is 0 Å². The van der Waals surface area contributed by atoms with Crippen LogP contribution >= 0.6 is 0 Å². The number of aliphatic carboxylic acids is 1. The highest BCUT2D eigenvalue weighted by molar-refractivity contribution is 5.66. The van der Waals surface area contributed by atoms with Crippen molar-refractivity contribution in [2.24, 2.45) is 0 Å². The lowest BCUT2D eigenvalue weighted by molar-refractivity contribution is -0.137. The van der Waals surface area contributed by atoms with E-state index < -0.39 is 24.8 Å². The van der Waals surface area contributed by atoms with E-state index in [1.54, 1.807) is 0 Å². The van der Waals surface area contributed by atoms with E-state index in [9.17, 15) is 4.79 Å². The Labute approximate surface area is 70.3 Å². The molecule has 2 atom stereocenters. The van der Waals surface area contributed by atoms with Crippen molar-refractivity contribution in [3.63, 3.8) is 0 Å². The van der Waals surface area contributed by atoms with E-state index in [1.165, 1.54) is 0 Å². The van der Waals surface area contributed by atoms with Gasteiger partial charge in [0.05, 0.1) is 12.7 Å². The lowest BCUT2D eigenvalue weighted by Crippen LogP contribution is -2.29. The Morgan fingerprint density at radius 2 is 1.83 bits per heavy atom. The van der Waals surface area contributed by atoms with Crippen LogP contribution in [0.4, 0.5) is 0 Å². The number of hydrogen-bond donors (Lipinski definition) is 4. The number of carbonyl (C=O) groups is 1. The highest BCUT2D eigenvalue weighted by Crippen LogP contribution is 2.04. The Bertz CT molecular complexity index is 136. The molecule has 0 aromatic heterocycles. The van der Waals surface area contributed by atoms with Gasteiger partial charge in [0, 0.05) is 6.42 Å². The molecule has 5 heteroatoms. The molecule has 4 N–H and O–H groups in total. The van der Waals surface area contributed by atoms with E-state index >= 15 is 0 Å². The average molecular weight is 178 g/mol. The van der Waals surface area contributed by atoms with Crippen molar-refractivity contribution in [2.75, 3.05) is 6.61 Å². The van der Waals surface area contributed by atoms with E-state index in [4.69, 9.17) is 20.4 Å². The molecule has 0 bridgehead atoms. The van der Waals surface area contributed by atoms with Crippen molar-refractivity contribution < 1.29 is 25.2 Å². The van der Waals surface area contributed by atoms with Crippen LogP contribution < -0.4 is 0 Å². The standard InChI is InChI=1S/C7H14O5/c8-4-6(10)5(9)2-1-3-7(11)12/h5-6,8-10H,1-4H2,(H,11,12)/t5-,6+/m1/s1. The minimum Gasteiger partial charge on any atom is -0.481 e. The number of hydrogen-bond acceptors (Lipinski definition) is 4. The fraction of sp³-hybridized carbons (Fsp3) is 0.857. The van der Waals surface area contributed by atoms with Crippen LogP contribution in [-0.4, -0.2) is 45.2 Å². The molecule has 0 aliphatic heterocycles. The van der Waals surface area contributed by atoms with Gasteiger partial charge in [-0.25, -0.2) is 0 Å². The predicted octanol–water partition coefficient (Wildman–Crippen LogP) is -1.04. The summed E-state index contributed by atoms with van der Waals surface area (Å²) in [6.45, 7) is -0.506. The summed E-state index contributed by atoms with van der Waals surface area (Å²) in [5, 5.41) is 34.5. The Morgan fingerprint density at radius 1 is 1.25 bits per heavy atom. The summed E-state index contributed by atoms with van der Waals surface area (Å²) >= 11 is 0. The second kappa shape index (κ2) is 5.93. The number of aliphatic hydroxyl groups excluding tert-OH is 3. The summed E-state index contributed by atoms with van der Waals surface area (Å²) in [4.78, 5) is 10.0. The van der Waals surface area contributed by atoms with Crippen LogP contribution in [0.5, 0.6) is 0 Å². The Kier molecular flexibility index (Phi) is 5.61. The van der Waals surface area contributed by atoms with Crippen LogP contribution in [0.3, 0.4) is 0 Å². The van der Waals surface area contributed by atoms with Crippen molar-refractivity contribution in [1.82, 2.24) is 0 Å².